The molecule has 3 N–H and O–H groups in total. The molecule has 27 heavy (non-hydrogen) atoms. The number of carbonyl (C=O) groups is 1. The molecule has 0 aliphatic rings. The lowest BCUT2D eigenvalue weighted by atomic mass is 10.2. The second kappa shape index (κ2) is 11.8. The van der Waals surface area contributed by atoms with Crippen molar-refractivity contribution < 1.29 is 9.53 Å². The number of nitrogens with one attached hydrogen (secondary N) is 3. The summed E-state index contributed by atoms with van der Waals surface area (Å²) in [5.74, 6) is 1.26. The molecule has 6 nitrogen and oxygen atoms in total. The molecule has 0 radical (unpaired) electrons. The minimum Gasteiger partial charge on any atom is -0.495 e. The zero-order valence-electron chi connectivity index (χ0n) is 16.1. The van der Waals surface area contributed by atoms with E-state index >= 15 is 0 Å². The first kappa shape index (κ1) is 23.2. The van der Waals surface area contributed by atoms with E-state index < -0.39 is 0 Å². The number of anilines is 1. The van der Waals surface area contributed by atoms with E-state index in [-0.39, 0.29) is 29.9 Å². The molecule has 0 aliphatic heterocycles. The van der Waals surface area contributed by atoms with E-state index in [1.54, 1.807) is 18.4 Å². The summed E-state index contributed by atoms with van der Waals surface area (Å²) in [7, 11) is 1.58. The van der Waals surface area contributed by atoms with Crippen LogP contribution in [0.5, 0.6) is 5.75 Å². The lowest BCUT2D eigenvalue weighted by Crippen LogP contribution is -2.36. The fraction of sp³-hybridized carbons (Fsp3) is 0.368. The molecule has 2 aromatic rings. The van der Waals surface area contributed by atoms with Crippen molar-refractivity contribution in [3.8, 4) is 5.75 Å². The molecule has 0 saturated carbocycles. The molecule has 0 unspecified atom stereocenters. The highest BCUT2D eigenvalue weighted by atomic mass is 127. The molecule has 0 saturated heterocycles. The van der Waals surface area contributed by atoms with Crippen LogP contribution < -0.4 is 20.7 Å². The van der Waals surface area contributed by atoms with Gasteiger partial charge in [0.15, 0.2) is 5.96 Å². The van der Waals surface area contributed by atoms with E-state index in [1.807, 2.05) is 25.1 Å². The fourth-order valence-electron chi connectivity index (χ4n) is 2.40. The highest BCUT2D eigenvalue weighted by Gasteiger charge is 2.07. The maximum Gasteiger partial charge on any atom is 0.221 e. The number of amides is 1. The average molecular weight is 502 g/mol. The van der Waals surface area contributed by atoms with Crippen LogP contribution >= 0.6 is 35.3 Å². The fourth-order valence-corrected chi connectivity index (χ4v) is 3.25. The van der Waals surface area contributed by atoms with Gasteiger partial charge in [0.2, 0.25) is 5.91 Å². The van der Waals surface area contributed by atoms with Crippen LogP contribution in [0.4, 0.5) is 5.69 Å². The van der Waals surface area contributed by atoms with Crippen molar-refractivity contribution in [2.75, 3.05) is 19.0 Å². The number of halogens is 1. The van der Waals surface area contributed by atoms with Crippen molar-refractivity contribution in [3.63, 3.8) is 0 Å². The van der Waals surface area contributed by atoms with Gasteiger partial charge in [0, 0.05) is 18.3 Å². The van der Waals surface area contributed by atoms with E-state index in [4.69, 9.17) is 4.74 Å². The topological polar surface area (TPSA) is 74.8 Å². The second-order valence-electron chi connectivity index (χ2n) is 5.79. The first-order valence-electron chi connectivity index (χ1n) is 8.53. The number of hydrogen-bond acceptors (Lipinski definition) is 4. The summed E-state index contributed by atoms with van der Waals surface area (Å²) < 4.78 is 5.28. The maximum absolute atomic E-state index is 11.4. The number of nitrogens with zero attached hydrogens (tertiary/aromatic N) is 1. The molecule has 0 spiro atoms. The Balaban J connectivity index is 0.00000364. The van der Waals surface area contributed by atoms with Gasteiger partial charge in [-0.25, -0.2) is 4.99 Å². The predicted octanol–water partition coefficient (Wildman–Crippen LogP) is 3.90. The molecule has 0 aliphatic carbocycles. The van der Waals surface area contributed by atoms with E-state index in [1.165, 1.54) is 17.4 Å². The van der Waals surface area contributed by atoms with Gasteiger partial charge < -0.3 is 20.7 Å². The Morgan fingerprint density at radius 1 is 1.26 bits per heavy atom. The minimum absolute atomic E-state index is 0. The molecule has 0 atom stereocenters. The molecular formula is C19H27IN4O2S. The number of aryl methyl sites for hydroxylation is 1. The van der Waals surface area contributed by atoms with Gasteiger partial charge in [-0.15, -0.1) is 35.3 Å². The summed E-state index contributed by atoms with van der Waals surface area (Å²) in [5.41, 5.74) is 2.92. The number of benzene rings is 1. The molecule has 1 heterocycles. The minimum atomic E-state index is -0.134. The maximum atomic E-state index is 11.4. The molecule has 0 bridgehead atoms. The number of rotatable bonds is 7. The first-order chi connectivity index (χ1) is 12.5. The Morgan fingerprint density at radius 3 is 2.63 bits per heavy atom. The van der Waals surface area contributed by atoms with Crippen LogP contribution in [0.3, 0.4) is 0 Å². The van der Waals surface area contributed by atoms with E-state index in [9.17, 15) is 4.79 Å². The zero-order valence-corrected chi connectivity index (χ0v) is 19.2. The van der Waals surface area contributed by atoms with E-state index in [2.05, 4.69) is 39.3 Å². The quantitative estimate of drug-likeness (QED) is 0.305. The van der Waals surface area contributed by atoms with Crippen LogP contribution in [-0.4, -0.2) is 25.5 Å². The van der Waals surface area contributed by atoms with Gasteiger partial charge in [-0.05, 0) is 48.6 Å². The van der Waals surface area contributed by atoms with Gasteiger partial charge in [-0.3, -0.25) is 4.79 Å². The highest BCUT2D eigenvalue weighted by Crippen LogP contribution is 2.25. The van der Waals surface area contributed by atoms with Crippen molar-refractivity contribution in [2.45, 2.75) is 33.9 Å². The summed E-state index contributed by atoms with van der Waals surface area (Å²) in [6, 6.07) is 7.79. The van der Waals surface area contributed by atoms with Gasteiger partial charge in [0.05, 0.1) is 25.9 Å². The normalized spacial score (nSPS) is 10.7. The smallest absolute Gasteiger partial charge is 0.221 e. The SMILES string of the molecule is CCNC(=NCc1ccc(OC)c(NC(C)=O)c1)NCc1sccc1C.I. The molecule has 1 aromatic carbocycles. The molecule has 1 amide bonds. The lowest BCUT2D eigenvalue weighted by Gasteiger charge is -2.12. The van der Waals surface area contributed by atoms with Crippen molar-refractivity contribution in [1.29, 1.82) is 0 Å². The Kier molecular flexibility index (Phi) is 10.2. The number of ether oxygens (including phenoxy) is 1. The molecule has 0 fully saturated rings. The third-order valence-electron chi connectivity index (χ3n) is 3.72. The van der Waals surface area contributed by atoms with Crippen LogP contribution in [0, 0.1) is 6.92 Å². The van der Waals surface area contributed by atoms with Crippen LogP contribution in [0.25, 0.3) is 0 Å². The average Bonchev–Trinajstić information content (AvgIpc) is 3.02. The Bertz CT molecular complexity index is 777. The lowest BCUT2D eigenvalue weighted by molar-refractivity contribution is -0.114. The zero-order chi connectivity index (χ0) is 18.9. The summed E-state index contributed by atoms with van der Waals surface area (Å²) in [6.45, 7) is 7.65. The van der Waals surface area contributed by atoms with Crippen LogP contribution in [0.1, 0.15) is 29.9 Å². The van der Waals surface area contributed by atoms with Crippen LogP contribution in [-0.2, 0) is 17.9 Å². The number of aliphatic imine (C=N–C) groups is 1. The molecule has 148 valence electrons. The molecule has 2 rings (SSSR count). The van der Waals surface area contributed by atoms with Crippen molar-refractivity contribution >= 4 is 52.9 Å². The standard InChI is InChI=1S/C19H26N4O2S.HI/c1-5-20-19(22-12-18-13(2)8-9-26-18)21-11-15-6-7-17(25-4)16(10-15)23-14(3)24;/h6-10H,5,11-12H2,1-4H3,(H,23,24)(H2,20,21,22);1H. The Labute approximate surface area is 181 Å². The summed E-state index contributed by atoms with van der Waals surface area (Å²) >= 11 is 1.74. The second-order valence-corrected chi connectivity index (χ2v) is 6.79. The number of guanidine groups is 1. The van der Waals surface area contributed by atoms with Gasteiger partial charge in [-0.2, -0.15) is 0 Å². The van der Waals surface area contributed by atoms with E-state index in [0.717, 1.165) is 24.6 Å². The van der Waals surface area contributed by atoms with Crippen molar-refractivity contribution in [1.82, 2.24) is 10.6 Å². The Morgan fingerprint density at radius 2 is 2.04 bits per heavy atom. The van der Waals surface area contributed by atoms with Crippen molar-refractivity contribution in [2.24, 2.45) is 4.99 Å². The summed E-state index contributed by atoms with van der Waals surface area (Å²) in [4.78, 5) is 17.3. The van der Waals surface area contributed by atoms with E-state index in [0.29, 0.717) is 18.0 Å². The van der Waals surface area contributed by atoms with Gasteiger partial charge in [-0.1, -0.05) is 6.07 Å². The largest absolute Gasteiger partial charge is 0.495 e. The number of carbonyl (C=O) groups excluding carboxylic acids is 1. The highest BCUT2D eigenvalue weighted by molar-refractivity contribution is 14.0. The van der Waals surface area contributed by atoms with Gasteiger partial charge >= 0.3 is 0 Å². The van der Waals surface area contributed by atoms with Crippen LogP contribution in [0.2, 0.25) is 0 Å². The monoisotopic (exact) mass is 502 g/mol. The summed E-state index contributed by atoms with van der Waals surface area (Å²) in [6.07, 6.45) is 0. The third kappa shape index (κ3) is 7.37. The van der Waals surface area contributed by atoms with Crippen molar-refractivity contribution in [3.05, 3.63) is 45.6 Å². The predicted molar refractivity (Wildman–Crippen MR) is 123 cm³/mol. The summed E-state index contributed by atoms with van der Waals surface area (Å²) in [5, 5.41) is 11.5. The molecular weight excluding hydrogens is 475 g/mol. The first-order valence-corrected chi connectivity index (χ1v) is 9.41. The van der Waals surface area contributed by atoms with Crippen LogP contribution in [0.15, 0.2) is 34.6 Å². The number of thiophene rings is 1. The Hall–Kier alpha value is -1.81. The number of methoxy groups -OCH3 is 1. The molecule has 8 heteroatoms. The third-order valence-corrected chi connectivity index (χ3v) is 4.75. The molecule has 1 aromatic heterocycles. The number of hydrogen-bond donors (Lipinski definition) is 3. The van der Waals surface area contributed by atoms with Gasteiger partial charge in [0.1, 0.15) is 5.75 Å². The van der Waals surface area contributed by atoms with Gasteiger partial charge in [0.25, 0.3) is 0 Å².